The maximum Gasteiger partial charge on any atom is 0.280 e. The molecule has 0 bridgehead atoms. The number of halogens is 1. The summed E-state index contributed by atoms with van der Waals surface area (Å²) in [6.45, 7) is 7.84. The van der Waals surface area contributed by atoms with Gasteiger partial charge in [-0.05, 0) is 48.9 Å². The fourth-order valence-electron chi connectivity index (χ4n) is 3.89. The lowest BCUT2D eigenvalue weighted by Gasteiger charge is -2.34. The Kier molecular flexibility index (Phi) is 5.88. The van der Waals surface area contributed by atoms with E-state index in [1.807, 2.05) is 4.90 Å². The van der Waals surface area contributed by atoms with Crippen molar-refractivity contribution in [3.63, 3.8) is 0 Å². The topological polar surface area (TPSA) is 98.0 Å². The fourth-order valence-corrected chi connectivity index (χ4v) is 3.89. The maximum absolute atomic E-state index is 14.1. The summed E-state index contributed by atoms with van der Waals surface area (Å²) in [7, 11) is 0. The molecule has 0 spiro atoms. The molecule has 164 valence electrons. The molecule has 1 N–H and O–H groups in total. The van der Waals surface area contributed by atoms with Gasteiger partial charge in [0.05, 0.1) is 16.7 Å². The number of H-pyrrole nitrogens is 1. The summed E-state index contributed by atoms with van der Waals surface area (Å²) < 4.78 is 15.3. The number of rotatable bonds is 4. The summed E-state index contributed by atoms with van der Waals surface area (Å²) in [6.07, 6.45) is 2.94. The van der Waals surface area contributed by atoms with Crippen molar-refractivity contribution in [2.75, 3.05) is 32.7 Å². The second kappa shape index (κ2) is 8.77. The largest absolute Gasteiger partial charge is 0.336 e. The van der Waals surface area contributed by atoms with Gasteiger partial charge in [0.15, 0.2) is 5.82 Å². The number of nitrogens with one attached hydrogen (secondary N) is 1. The molecule has 0 saturated carbocycles. The molecule has 0 radical (unpaired) electrons. The van der Waals surface area contributed by atoms with Crippen LogP contribution in [0.4, 0.5) is 4.39 Å². The second-order valence-electron chi connectivity index (χ2n) is 7.72. The Labute approximate surface area is 184 Å². The van der Waals surface area contributed by atoms with Crippen LogP contribution in [0.5, 0.6) is 0 Å². The van der Waals surface area contributed by atoms with Crippen molar-refractivity contribution >= 4 is 5.91 Å². The first kappa shape index (κ1) is 21.5. The van der Waals surface area contributed by atoms with E-state index >= 15 is 0 Å². The predicted molar refractivity (Wildman–Crippen MR) is 117 cm³/mol. The molecule has 8 nitrogen and oxygen atoms in total. The number of likely N-dealkylation sites (N-methyl/N-ethyl adjacent to an activating group) is 1. The lowest BCUT2D eigenvalue weighted by molar-refractivity contribution is 0.0643. The Bertz CT molecular complexity index is 1250. The molecular weight excluding hydrogens is 411 g/mol. The molecule has 2 aromatic heterocycles. The van der Waals surface area contributed by atoms with Crippen LogP contribution in [-0.2, 0) is 0 Å². The van der Waals surface area contributed by atoms with Crippen LogP contribution in [-0.4, -0.2) is 63.2 Å². The van der Waals surface area contributed by atoms with Crippen molar-refractivity contribution in [1.82, 2.24) is 24.6 Å². The van der Waals surface area contributed by atoms with Gasteiger partial charge in [0.25, 0.3) is 11.5 Å². The van der Waals surface area contributed by atoms with Crippen LogP contribution in [0, 0.1) is 24.1 Å². The van der Waals surface area contributed by atoms with E-state index in [0.29, 0.717) is 35.6 Å². The minimum atomic E-state index is -0.680. The van der Waals surface area contributed by atoms with Gasteiger partial charge < -0.3 is 9.80 Å². The molecule has 9 heteroatoms. The van der Waals surface area contributed by atoms with Crippen molar-refractivity contribution in [2.45, 2.75) is 13.8 Å². The molecule has 0 aliphatic carbocycles. The van der Waals surface area contributed by atoms with Crippen LogP contribution >= 0.6 is 0 Å². The van der Waals surface area contributed by atoms with Crippen LogP contribution in [0.3, 0.4) is 0 Å². The lowest BCUT2D eigenvalue weighted by atomic mass is 10.0. The molecule has 4 rings (SSSR count). The van der Waals surface area contributed by atoms with Crippen molar-refractivity contribution in [3.8, 4) is 23.0 Å². The SMILES string of the molecule is CCN1CCN(C(=O)c2ccc(-n3[nH]cc(-c4cc(F)c(C#N)cc4C)c3=O)nc2)CC1. The minimum absolute atomic E-state index is 0.0693. The number of benzene rings is 1. The van der Waals surface area contributed by atoms with Gasteiger partial charge in [-0.2, -0.15) is 5.26 Å². The van der Waals surface area contributed by atoms with E-state index in [1.165, 1.54) is 29.2 Å². The molecule has 3 aromatic rings. The average molecular weight is 434 g/mol. The number of aromatic amines is 1. The summed E-state index contributed by atoms with van der Waals surface area (Å²) in [4.78, 5) is 34.1. The summed E-state index contributed by atoms with van der Waals surface area (Å²) in [5, 5.41) is 11.8. The summed E-state index contributed by atoms with van der Waals surface area (Å²) >= 11 is 0. The molecule has 1 aliphatic heterocycles. The van der Waals surface area contributed by atoms with Gasteiger partial charge in [0.1, 0.15) is 11.9 Å². The molecule has 3 heterocycles. The Morgan fingerprint density at radius 3 is 2.59 bits per heavy atom. The van der Waals surface area contributed by atoms with E-state index < -0.39 is 11.4 Å². The van der Waals surface area contributed by atoms with E-state index in [-0.39, 0.29) is 17.0 Å². The molecule has 0 unspecified atom stereocenters. The number of nitriles is 1. The third kappa shape index (κ3) is 3.92. The first-order chi connectivity index (χ1) is 15.4. The zero-order valence-electron chi connectivity index (χ0n) is 17.9. The van der Waals surface area contributed by atoms with Crippen molar-refractivity contribution in [2.24, 2.45) is 0 Å². The van der Waals surface area contributed by atoms with E-state index in [9.17, 15) is 14.0 Å². The van der Waals surface area contributed by atoms with Crippen LogP contribution in [0.25, 0.3) is 16.9 Å². The van der Waals surface area contributed by atoms with Gasteiger partial charge in [-0.1, -0.05) is 6.92 Å². The Hall–Kier alpha value is -3.77. The summed E-state index contributed by atoms with van der Waals surface area (Å²) in [5.74, 6) is -0.440. The molecule has 32 heavy (non-hydrogen) atoms. The van der Waals surface area contributed by atoms with Gasteiger partial charge in [0, 0.05) is 38.6 Å². The van der Waals surface area contributed by atoms with E-state index in [1.54, 1.807) is 25.1 Å². The van der Waals surface area contributed by atoms with Crippen LogP contribution in [0.1, 0.15) is 28.4 Å². The number of pyridine rings is 1. The van der Waals surface area contributed by atoms with Gasteiger partial charge in [-0.3, -0.25) is 14.7 Å². The number of piperazine rings is 1. The quantitative estimate of drug-likeness (QED) is 0.680. The molecule has 0 atom stereocenters. The highest BCUT2D eigenvalue weighted by atomic mass is 19.1. The number of carbonyl (C=O) groups excluding carboxylic acids is 1. The number of carbonyl (C=O) groups is 1. The second-order valence-corrected chi connectivity index (χ2v) is 7.72. The van der Waals surface area contributed by atoms with Crippen LogP contribution in [0.15, 0.2) is 41.5 Å². The Morgan fingerprint density at radius 1 is 1.22 bits per heavy atom. The van der Waals surface area contributed by atoms with Gasteiger partial charge in [-0.25, -0.2) is 14.1 Å². The molecule has 1 amide bonds. The highest BCUT2D eigenvalue weighted by Gasteiger charge is 2.22. The van der Waals surface area contributed by atoms with Crippen molar-refractivity contribution < 1.29 is 9.18 Å². The van der Waals surface area contributed by atoms with E-state index in [2.05, 4.69) is 21.9 Å². The third-order valence-electron chi connectivity index (χ3n) is 5.83. The molecule has 1 saturated heterocycles. The van der Waals surface area contributed by atoms with Crippen molar-refractivity contribution in [3.05, 3.63) is 69.5 Å². The standard InChI is InChI=1S/C23H23FN6O2/c1-3-28-6-8-29(9-7-28)22(31)16-4-5-21(26-13-16)30-23(32)19(14-27-30)18-11-20(24)17(12-25)10-15(18)2/h4-5,10-11,13-14,27H,3,6-9H2,1-2H3. The summed E-state index contributed by atoms with van der Waals surface area (Å²) in [5.41, 5.74) is 1.27. The number of hydrogen-bond acceptors (Lipinski definition) is 5. The molecule has 1 fully saturated rings. The number of nitrogens with zero attached hydrogens (tertiary/aromatic N) is 5. The molecule has 1 aliphatic rings. The highest BCUT2D eigenvalue weighted by molar-refractivity contribution is 5.94. The van der Waals surface area contributed by atoms with Gasteiger partial charge in [0.2, 0.25) is 0 Å². The zero-order chi connectivity index (χ0) is 22.8. The monoisotopic (exact) mass is 434 g/mol. The maximum atomic E-state index is 14.1. The van der Waals surface area contributed by atoms with E-state index in [0.717, 1.165) is 19.6 Å². The van der Waals surface area contributed by atoms with Crippen LogP contribution < -0.4 is 5.56 Å². The highest BCUT2D eigenvalue weighted by Crippen LogP contribution is 2.24. The normalized spacial score (nSPS) is 14.4. The van der Waals surface area contributed by atoms with Gasteiger partial charge >= 0.3 is 0 Å². The first-order valence-electron chi connectivity index (χ1n) is 10.4. The molecule has 1 aromatic carbocycles. The number of aromatic nitrogens is 3. The smallest absolute Gasteiger partial charge is 0.280 e. The first-order valence-corrected chi connectivity index (χ1v) is 10.4. The average Bonchev–Trinajstić information content (AvgIpc) is 3.20. The van der Waals surface area contributed by atoms with E-state index in [4.69, 9.17) is 5.26 Å². The third-order valence-corrected chi connectivity index (χ3v) is 5.83. The number of aryl methyl sites for hydroxylation is 1. The molecular formula is C23H23FN6O2. The fraction of sp³-hybridized carbons (Fsp3) is 0.304. The van der Waals surface area contributed by atoms with Crippen LogP contribution in [0.2, 0.25) is 0 Å². The summed E-state index contributed by atoms with van der Waals surface area (Å²) in [6, 6.07) is 7.65. The van der Waals surface area contributed by atoms with Crippen molar-refractivity contribution in [1.29, 1.82) is 5.26 Å². The zero-order valence-corrected chi connectivity index (χ0v) is 17.9. The Morgan fingerprint density at radius 2 is 1.97 bits per heavy atom. The predicted octanol–water partition coefficient (Wildman–Crippen LogP) is 2.32. The van der Waals surface area contributed by atoms with Gasteiger partial charge in [-0.15, -0.1) is 0 Å². The lowest BCUT2D eigenvalue weighted by Crippen LogP contribution is -2.48. The Balaban J connectivity index is 1.57. The minimum Gasteiger partial charge on any atom is -0.336 e. The number of hydrogen-bond donors (Lipinski definition) is 1. The number of amides is 1.